The predicted octanol–water partition coefficient (Wildman–Crippen LogP) is 4.82. The first-order valence-corrected chi connectivity index (χ1v) is 12.4. The van der Waals surface area contributed by atoms with Crippen LogP contribution in [0.1, 0.15) is 103 Å². The molecule has 0 amide bonds. The zero-order valence-corrected chi connectivity index (χ0v) is 20.8. The van der Waals surface area contributed by atoms with Gasteiger partial charge in [0.1, 0.15) is 22.9 Å². The Kier molecular flexibility index (Phi) is 7.90. The summed E-state index contributed by atoms with van der Waals surface area (Å²) in [5.41, 5.74) is 1.10. The highest BCUT2D eigenvalue weighted by molar-refractivity contribution is 5.82. The van der Waals surface area contributed by atoms with Gasteiger partial charge in [-0.05, 0) is 49.8 Å². The molecule has 1 saturated carbocycles. The van der Waals surface area contributed by atoms with Crippen LogP contribution in [0.2, 0.25) is 0 Å². The van der Waals surface area contributed by atoms with E-state index >= 15 is 0 Å². The molecule has 1 aliphatic heterocycles. The first-order valence-electron chi connectivity index (χ1n) is 12.4. The lowest BCUT2D eigenvalue weighted by molar-refractivity contribution is -0.145. The van der Waals surface area contributed by atoms with Gasteiger partial charge in [-0.2, -0.15) is 0 Å². The molecule has 1 heterocycles. The number of benzene rings is 1. The van der Waals surface area contributed by atoms with Crippen molar-refractivity contribution in [2.75, 3.05) is 6.61 Å². The average Bonchev–Trinajstić information content (AvgIpc) is 2.75. The van der Waals surface area contributed by atoms with Crippen molar-refractivity contribution in [3.8, 4) is 11.5 Å². The van der Waals surface area contributed by atoms with Crippen molar-refractivity contribution in [2.24, 2.45) is 5.92 Å². The Morgan fingerprint density at radius 3 is 2.67 bits per heavy atom. The second kappa shape index (κ2) is 10.1. The Balaban J connectivity index is 2.06. The molecule has 6 nitrogen and oxygen atoms in total. The lowest BCUT2D eigenvalue weighted by Crippen LogP contribution is -2.47. The Morgan fingerprint density at radius 2 is 2.00 bits per heavy atom. The minimum absolute atomic E-state index is 0.110. The number of aliphatic hydroxyl groups is 2. The van der Waals surface area contributed by atoms with E-state index in [9.17, 15) is 19.8 Å². The summed E-state index contributed by atoms with van der Waals surface area (Å²) < 4.78 is 12.2. The fourth-order valence-corrected chi connectivity index (χ4v) is 5.42. The van der Waals surface area contributed by atoms with Gasteiger partial charge in [-0.25, -0.2) is 4.79 Å². The highest BCUT2D eigenvalue weighted by atomic mass is 16.6. The molecule has 3 rings (SSSR count). The van der Waals surface area contributed by atoms with Crippen molar-refractivity contribution in [3.63, 3.8) is 0 Å². The number of carbonyl (C=O) groups is 2. The van der Waals surface area contributed by atoms with Crippen LogP contribution in [0, 0.1) is 5.92 Å². The molecule has 33 heavy (non-hydrogen) atoms. The normalized spacial score (nSPS) is 22.7. The summed E-state index contributed by atoms with van der Waals surface area (Å²) in [6.45, 7) is 9.96. The van der Waals surface area contributed by atoms with Gasteiger partial charge in [0.25, 0.3) is 0 Å². The van der Waals surface area contributed by atoms with Crippen LogP contribution in [-0.4, -0.2) is 40.3 Å². The molecule has 0 radical (unpaired) electrons. The summed E-state index contributed by atoms with van der Waals surface area (Å²) in [4.78, 5) is 24.8. The Labute approximate surface area is 197 Å². The molecule has 2 N–H and O–H groups in total. The third-order valence-corrected chi connectivity index (χ3v) is 7.50. The van der Waals surface area contributed by atoms with Crippen LogP contribution in [0.4, 0.5) is 0 Å². The lowest BCUT2D eigenvalue weighted by atomic mass is 9.66. The molecule has 6 heteroatoms. The fourth-order valence-electron chi connectivity index (χ4n) is 5.42. The van der Waals surface area contributed by atoms with Gasteiger partial charge in [-0.15, -0.1) is 0 Å². The van der Waals surface area contributed by atoms with Crippen LogP contribution < -0.4 is 9.47 Å². The molecule has 184 valence electrons. The molecule has 0 unspecified atom stereocenters. The van der Waals surface area contributed by atoms with Gasteiger partial charge in [0.2, 0.25) is 0 Å². The van der Waals surface area contributed by atoms with E-state index in [1.165, 1.54) is 19.3 Å². The number of esters is 1. The first-order chi connectivity index (χ1) is 15.5. The summed E-state index contributed by atoms with van der Waals surface area (Å²) >= 11 is 0. The van der Waals surface area contributed by atoms with Crippen LogP contribution >= 0.6 is 0 Å². The van der Waals surface area contributed by atoms with Crippen molar-refractivity contribution >= 4 is 11.8 Å². The number of rotatable bonds is 9. The maximum atomic E-state index is 12.4. The van der Waals surface area contributed by atoms with Gasteiger partial charge < -0.3 is 19.7 Å². The second-order valence-corrected chi connectivity index (χ2v) is 10.9. The maximum absolute atomic E-state index is 12.4. The van der Waals surface area contributed by atoms with Crippen LogP contribution in [0.3, 0.4) is 0 Å². The van der Waals surface area contributed by atoms with Crippen molar-refractivity contribution in [1.82, 2.24) is 0 Å². The highest BCUT2D eigenvalue weighted by Crippen LogP contribution is 2.55. The zero-order chi connectivity index (χ0) is 24.4. The van der Waals surface area contributed by atoms with Crippen LogP contribution in [0.15, 0.2) is 12.1 Å². The lowest BCUT2D eigenvalue weighted by Gasteiger charge is -2.47. The monoisotopic (exact) mass is 460 g/mol. The quantitative estimate of drug-likeness (QED) is 0.312. The van der Waals surface area contributed by atoms with Gasteiger partial charge in [0, 0.05) is 30.2 Å². The summed E-state index contributed by atoms with van der Waals surface area (Å²) in [7, 11) is 0. The first kappa shape index (κ1) is 25.7. The van der Waals surface area contributed by atoms with E-state index in [1.807, 2.05) is 12.1 Å². The third kappa shape index (κ3) is 5.60. The SMILES string of the molecule is CCCCCCC(C)(C)c1cc(OC(=O)[C@@H](O)CO)c2c(c1)OC(C)(C)[C@@H]1CCC(=O)C[C@@H]21. The van der Waals surface area contributed by atoms with E-state index < -0.39 is 24.3 Å². The van der Waals surface area contributed by atoms with E-state index in [4.69, 9.17) is 9.47 Å². The number of unbranched alkanes of at least 4 members (excludes halogenated alkanes) is 3. The van der Waals surface area contributed by atoms with E-state index in [-0.39, 0.29) is 23.0 Å². The molecule has 1 aliphatic carbocycles. The van der Waals surface area contributed by atoms with Gasteiger partial charge >= 0.3 is 5.97 Å². The standard InChI is InChI=1S/C27H40O6/c1-6-7-8-9-12-26(2,3)17-13-22(32-25(31)21(30)16-28)24-19-15-18(29)10-11-20(19)27(4,5)33-23(24)14-17/h13-14,19-21,28,30H,6-12,15-16H2,1-5H3/t19-,20-,21+/m1/s1. The van der Waals surface area contributed by atoms with Crippen molar-refractivity contribution in [1.29, 1.82) is 0 Å². The maximum Gasteiger partial charge on any atom is 0.342 e. The summed E-state index contributed by atoms with van der Waals surface area (Å²) in [6, 6.07) is 3.92. The van der Waals surface area contributed by atoms with E-state index in [0.717, 1.165) is 30.4 Å². The smallest absolute Gasteiger partial charge is 0.342 e. The van der Waals surface area contributed by atoms with Crippen LogP contribution in [0.5, 0.6) is 11.5 Å². The molecular formula is C27H40O6. The van der Waals surface area contributed by atoms with E-state index in [1.54, 1.807) is 0 Å². The highest BCUT2D eigenvalue weighted by Gasteiger charge is 2.48. The number of fused-ring (bicyclic) bond motifs is 3. The van der Waals surface area contributed by atoms with Crippen LogP contribution in [-0.2, 0) is 15.0 Å². The van der Waals surface area contributed by atoms with Gasteiger partial charge in [0.15, 0.2) is 6.10 Å². The van der Waals surface area contributed by atoms with Gasteiger partial charge in [-0.3, -0.25) is 4.79 Å². The summed E-state index contributed by atoms with van der Waals surface area (Å²) in [5.74, 6) is 0.295. The Hall–Kier alpha value is -1.92. The Bertz CT molecular complexity index is 872. The predicted molar refractivity (Wildman–Crippen MR) is 127 cm³/mol. The summed E-state index contributed by atoms with van der Waals surface area (Å²) in [5, 5.41) is 19.1. The van der Waals surface area contributed by atoms with E-state index in [2.05, 4.69) is 34.6 Å². The topological polar surface area (TPSA) is 93.1 Å². The molecule has 0 aromatic heterocycles. The molecule has 1 aromatic rings. The Morgan fingerprint density at radius 1 is 1.27 bits per heavy atom. The number of carbonyl (C=O) groups excluding carboxylic acids is 2. The minimum atomic E-state index is -1.61. The summed E-state index contributed by atoms with van der Waals surface area (Å²) in [6.07, 6.45) is 5.66. The van der Waals surface area contributed by atoms with Gasteiger partial charge in [0.05, 0.1) is 6.61 Å². The largest absolute Gasteiger partial charge is 0.487 e. The number of Topliss-reactive ketones (excluding diaryl/α,β-unsaturated/α-hetero) is 1. The molecular weight excluding hydrogens is 420 g/mol. The number of ether oxygens (including phenoxy) is 2. The molecule has 2 aliphatic rings. The number of hydrogen-bond donors (Lipinski definition) is 2. The van der Waals surface area contributed by atoms with E-state index in [0.29, 0.717) is 24.3 Å². The van der Waals surface area contributed by atoms with Crippen molar-refractivity contribution in [2.45, 2.75) is 109 Å². The number of hydrogen-bond acceptors (Lipinski definition) is 6. The molecule has 0 bridgehead atoms. The molecule has 0 saturated heterocycles. The van der Waals surface area contributed by atoms with Gasteiger partial charge in [-0.1, -0.05) is 46.5 Å². The number of ketones is 1. The average molecular weight is 461 g/mol. The fraction of sp³-hybridized carbons (Fsp3) is 0.704. The van der Waals surface area contributed by atoms with Crippen LogP contribution in [0.25, 0.3) is 0 Å². The molecule has 1 fully saturated rings. The van der Waals surface area contributed by atoms with Crippen molar-refractivity contribution < 1.29 is 29.3 Å². The third-order valence-electron chi connectivity index (χ3n) is 7.50. The molecule has 3 atom stereocenters. The molecule has 1 aromatic carbocycles. The zero-order valence-electron chi connectivity index (χ0n) is 20.8. The second-order valence-electron chi connectivity index (χ2n) is 10.9. The van der Waals surface area contributed by atoms with Crippen molar-refractivity contribution in [3.05, 3.63) is 23.3 Å². The number of aliphatic hydroxyl groups excluding tert-OH is 2. The molecule has 0 spiro atoms. The minimum Gasteiger partial charge on any atom is -0.487 e.